The summed E-state index contributed by atoms with van der Waals surface area (Å²) < 4.78 is 5.32. The Morgan fingerprint density at radius 1 is 1.36 bits per heavy atom. The van der Waals surface area contributed by atoms with Gasteiger partial charge in [0.25, 0.3) is 0 Å². The molecule has 0 radical (unpaired) electrons. The minimum Gasteiger partial charge on any atom is -0.381 e. The summed E-state index contributed by atoms with van der Waals surface area (Å²) in [6, 6.07) is 2.51. The van der Waals surface area contributed by atoms with Crippen LogP contribution in [0, 0.1) is 16.7 Å². The van der Waals surface area contributed by atoms with Crippen molar-refractivity contribution in [2.45, 2.75) is 37.4 Å². The number of hydrogen-bond acceptors (Lipinski definition) is 3. The van der Waals surface area contributed by atoms with Crippen LogP contribution in [-0.2, 0) is 4.74 Å². The Bertz CT molecular complexity index is 245. The lowest BCUT2D eigenvalue weighted by atomic mass is 9.58. The van der Waals surface area contributed by atoms with Crippen LogP contribution in [0.1, 0.15) is 32.6 Å². The van der Waals surface area contributed by atoms with Gasteiger partial charge in [0.2, 0.25) is 0 Å². The lowest BCUT2D eigenvalue weighted by Gasteiger charge is -2.54. The van der Waals surface area contributed by atoms with Crippen molar-refractivity contribution in [3.05, 3.63) is 0 Å². The highest BCUT2D eigenvalue weighted by atomic mass is 32.2. The first-order chi connectivity index (χ1) is 6.74. The van der Waals surface area contributed by atoms with E-state index < -0.39 is 0 Å². The number of nitriles is 1. The molecule has 1 aliphatic carbocycles. The zero-order chi connectivity index (χ0) is 10.1. The van der Waals surface area contributed by atoms with Crippen LogP contribution in [0.25, 0.3) is 0 Å². The molecule has 0 unspecified atom stereocenters. The molecule has 0 aromatic heterocycles. The molecule has 0 amide bonds. The minimum absolute atomic E-state index is 0.0495. The predicted molar refractivity (Wildman–Crippen MR) is 58.2 cm³/mol. The molecule has 1 spiro atoms. The van der Waals surface area contributed by atoms with Gasteiger partial charge >= 0.3 is 0 Å². The lowest BCUT2D eigenvalue weighted by molar-refractivity contribution is -0.0363. The lowest BCUT2D eigenvalue weighted by Crippen LogP contribution is -2.51. The van der Waals surface area contributed by atoms with Crippen molar-refractivity contribution in [1.29, 1.82) is 5.26 Å². The highest BCUT2D eigenvalue weighted by Crippen LogP contribution is 2.59. The van der Waals surface area contributed by atoms with E-state index in [2.05, 4.69) is 13.0 Å². The molecule has 0 N–H and O–H groups in total. The van der Waals surface area contributed by atoms with E-state index in [1.54, 1.807) is 0 Å². The van der Waals surface area contributed by atoms with E-state index in [1.165, 1.54) is 12.8 Å². The van der Waals surface area contributed by atoms with Crippen molar-refractivity contribution < 1.29 is 4.74 Å². The van der Waals surface area contributed by atoms with Gasteiger partial charge in [-0.15, -0.1) is 11.8 Å². The monoisotopic (exact) mass is 211 g/mol. The van der Waals surface area contributed by atoms with Gasteiger partial charge in [-0.3, -0.25) is 0 Å². The van der Waals surface area contributed by atoms with Gasteiger partial charge in [-0.05, 0) is 36.9 Å². The average Bonchev–Trinajstić information content (AvgIpc) is 2.17. The Labute approximate surface area is 90.0 Å². The molecule has 1 saturated heterocycles. The largest absolute Gasteiger partial charge is 0.381 e. The third-order valence-electron chi connectivity index (χ3n) is 3.50. The van der Waals surface area contributed by atoms with Crippen LogP contribution in [0.5, 0.6) is 0 Å². The van der Waals surface area contributed by atoms with Crippen molar-refractivity contribution in [2.75, 3.05) is 19.0 Å². The number of rotatable bonds is 2. The van der Waals surface area contributed by atoms with Gasteiger partial charge < -0.3 is 4.74 Å². The smallest absolute Gasteiger partial charge is 0.103 e. The first kappa shape index (κ1) is 10.3. The van der Waals surface area contributed by atoms with E-state index in [-0.39, 0.29) is 4.75 Å². The van der Waals surface area contributed by atoms with Crippen LogP contribution in [-0.4, -0.2) is 23.7 Å². The molecule has 1 saturated carbocycles. The third-order valence-corrected chi connectivity index (χ3v) is 4.72. The van der Waals surface area contributed by atoms with Gasteiger partial charge in [-0.25, -0.2) is 0 Å². The summed E-state index contributed by atoms with van der Waals surface area (Å²) in [6.07, 6.45) is 4.53. The number of nitrogens with zero attached hydrogens (tertiary/aromatic N) is 1. The SMILES string of the molecule is CCSC1(C#N)CC2(CCOCC2)C1. The van der Waals surface area contributed by atoms with E-state index in [9.17, 15) is 5.26 Å². The van der Waals surface area contributed by atoms with E-state index in [1.807, 2.05) is 11.8 Å². The van der Waals surface area contributed by atoms with Crippen LogP contribution >= 0.6 is 11.8 Å². The highest BCUT2D eigenvalue weighted by Gasteiger charge is 2.55. The fourth-order valence-corrected chi connectivity index (χ4v) is 4.24. The summed E-state index contributed by atoms with van der Waals surface area (Å²) >= 11 is 1.83. The molecule has 2 nitrogen and oxygen atoms in total. The molecule has 0 aromatic carbocycles. The first-order valence-corrected chi connectivity index (χ1v) is 6.36. The van der Waals surface area contributed by atoms with Crippen LogP contribution in [0.15, 0.2) is 0 Å². The summed E-state index contributed by atoms with van der Waals surface area (Å²) in [5.41, 5.74) is 0.468. The normalized spacial score (nSPS) is 28.0. The third kappa shape index (κ3) is 1.66. The highest BCUT2D eigenvalue weighted by molar-refractivity contribution is 8.00. The summed E-state index contributed by atoms with van der Waals surface area (Å²) in [5.74, 6) is 1.06. The molecule has 3 heteroatoms. The number of thioether (sulfide) groups is 1. The molecule has 2 rings (SSSR count). The van der Waals surface area contributed by atoms with Crippen molar-refractivity contribution in [3.63, 3.8) is 0 Å². The second-order valence-corrected chi connectivity index (χ2v) is 6.15. The van der Waals surface area contributed by atoms with Crippen molar-refractivity contribution in [2.24, 2.45) is 5.41 Å². The average molecular weight is 211 g/mol. The molecule has 0 aromatic rings. The molecule has 0 bridgehead atoms. The number of hydrogen-bond donors (Lipinski definition) is 0. The Kier molecular flexibility index (Phi) is 2.77. The quantitative estimate of drug-likeness (QED) is 0.704. The zero-order valence-corrected chi connectivity index (χ0v) is 9.53. The molecule has 1 heterocycles. The van der Waals surface area contributed by atoms with Crippen LogP contribution in [0.3, 0.4) is 0 Å². The Hall–Kier alpha value is -0.200. The van der Waals surface area contributed by atoms with Crippen LogP contribution in [0.4, 0.5) is 0 Å². The van der Waals surface area contributed by atoms with Crippen molar-refractivity contribution in [1.82, 2.24) is 0 Å². The van der Waals surface area contributed by atoms with Gasteiger partial charge in [0, 0.05) is 13.2 Å². The minimum atomic E-state index is -0.0495. The Morgan fingerprint density at radius 3 is 2.50 bits per heavy atom. The summed E-state index contributed by atoms with van der Waals surface area (Å²) in [5, 5.41) is 9.18. The summed E-state index contributed by atoms with van der Waals surface area (Å²) in [7, 11) is 0. The van der Waals surface area contributed by atoms with Gasteiger partial charge in [0.1, 0.15) is 4.75 Å². The second-order valence-electron chi connectivity index (χ2n) is 4.51. The molecule has 0 atom stereocenters. The van der Waals surface area contributed by atoms with E-state index in [0.717, 1.165) is 31.8 Å². The molecule has 78 valence electrons. The summed E-state index contributed by atoms with van der Waals surface area (Å²) in [4.78, 5) is 0. The molecule has 2 fully saturated rings. The molecule has 14 heavy (non-hydrogen) atoms. The van der Waals surface area contributed by atoms with Crippen LogP contribution in [0.2, 0.25) is 0 Å². The predicted octanol–water partition coefficient (Wildman–Crippen LogP) is 2.59. The maximum Gasteiger partial charge on any atom is 0.103 e. The Morgan fingerprint density at radius 2 is 2.00 bits per heavy atom. The standard InChI is InChI=1S/C11H17NOS/c1-2-14-11(9-12)7-10(8-11)3-5-13-6-4-10/h2-8H2,1H3. The maximum absolute atomic E-state index is 9.18. The van der Waals surface area contributed by atoms with Gasteiger partial charge in [-0.1, -0.05) is 6.92 Å². The fraction of sp³-hybridized carbons (Fsp3) is 0.909. The fourth-order valence-electron chi connectivity index (χ4n) is 2.81. The molecule has 1 aliphatic heterocycles. The van der Waals surface area contributed by atoms with Gasteiger partial charge in [0.05, 0.1) is 6.07 Å². The number of ether oxygens (including phenoxy) is 1. The first-order valence-electron chi connectivity index (χ1n) is 5.37. The Balaban J connectivity index is 1.95. The second kappa shape index (κ2) is 3.75. The topological polar surface area (TPSA) is 33.0 Å². The molecular formula is C11H17NOS. The van der Waals surface area contributed by atoms with Crippen molar-refractivity contribution >= 4 is 11.8 Å². The summed E-state index contributed by atoms with van der Waals surface area (Å²) in [6.45, 7) is 3.94. The van der Waals surface area contributed by atoms with E-state index in [4.69, 9.17) is 4.74 Å². The van der Waals surface area contributed by atoms with E-state index in [0.29, 0.717) is 5.41 Å². The van der Waals surface area contributed by atoms with E-state index >= 15 is 0 Å². The maximum atomic E-state index is 9.18. The van der Waals surface area contributed by atoms with Gasteiger partial charge in [0.15, 0.2) is 0 Å². The molecule has 2 aliphatic rings. The van der Waals surface area contributed by atoms with Crippen LogP contribution < -0.4 is 0 Å². The molecular weight excluding hydrogens is 194 g/mol. The van der Waals surface area contributed by atoms with Gasteiger partial charge in [-0.2, -0.15) is 5.26 Å². The zero-order valence-electron chi connectivity index (χ0n) is 8.71. The van der Waals surface area contributed by atoms with Crippen molar-refractivity contribution in [3.8, 4) is 6.07 Å².